The molecule has 0 radical (unpaired) electrons. The molecule has 0 spiro atoms. The Morgan fingerprint density at radius 1 is 1.00 bits per heavy atom. The van der Waals surface area contributed by atoms with Gasteiger partial charge in [0.15, 0.2) is 16.6 Å². The summed E-state index contributed by atoms with van der Waals surface area (Å²) in [5.74, 6) is 2.06. The standard InChI is InChI=1S/C25H26N4O6S/c1-32-18-10-17(11-19(12-18)33-2)23(30)27-25-26-20(14-36-25)24(31)29-7-5-28(6-8-29)13-16-3-4-21-22(9-16)35-15-34-21/h3-4,9-12,14H,5-8,13,15H2,1-2H3,(H,26,27,30). The number of fused-ring (bicyclic) bond motifs is 1. The van der Waals surface area contributed by atoms with Crippen LogP contribution in [-0.2, 0) is 6.54 Å². The fourth-order valence-corrected chi connectivity index (χ4v) is 4.79. The van der Waals surface area contributed by atoms with Gasteiger partial charge < -0.3 is 23.8 Å². The Hall–Kier alpha value is -3.83. The van der Waals surface area contributed by atoms with E-state index in [1.165, 1.54) is 25.6 Å². The van der Waals surface area contributed by atoms with E-state index < -0.39 is 0 Å². The molecule has 2 aliphatic rings. The number of carbonyl (C=O) groups excluding carboxylic acids is 2. The van der Waals surface area contributed by atoms with Gasteiger partial charge in [-0.3, -0.25) is 19.8 Å². The second-order valence-corrected chi connectivity index (χ2v) is 9.21. The predicted octanol–water partition coefficient (Wildman–Crippen LogP) is 3.10. The third kappa shape index (κ3) is 5.21. The highest BCUT2D eigenvalue weighted by Crippen LogP contribution is 2.33. The zero-order chi connectivity index (χ0) is 25.1. The lowest BCUT2D eigenvalue weighted by Gasteiger charge is -2.34. The number of thiazole rings is 1. The van der Waals surface area contributed by atoms with E-state index in [1.54, 1.807) is 28.5 Å². The summed E-state index contributed by atoms with van der Waals surface area (Å²) in [7, 11) is 3.04. The third-order valence-electron chi connectivity index (χ3n) is 6.06. The quantitative estimate of drug-likeness (QED) is 0.517. The highest BCUT2D eigenvalue weighted by Gasteiger charge is 2.25. The van der Waals surface area contributed by atoms with Crippen molar-refractivity contribution in [1.82, 2.24) is 14.8 Å². The molecule has 1 N–H and O–H groups in total. The zero-order valence-corrected chi connectivity index (χ0v) is 20.8. The molecule has 0 atom stereocenters. The van der Waals surface area contributed by atoms with Gasteiger partial charge in [-0.05, 0) is 29.8 Å². The maximum Gasteiger partial charge on any atom is 0.273 e. The molecule has 3 heterocycles. The Kier molecular flexibility index (Phi) is 6.92. The summed E-state index contributed by atoms with van der Waals surface area (Å²) >= 11 is 1.21. The van der Waals surface area contributed by atoms with Crippen molar-refractivity contribution < 1.29 is 28.5 Å². The number of hydrogen-bond donors (Lipinski definition) is 1. The largest absolute Gasteiger partial charge is 0.497 e. The second-order valence-electron chi connectivity index (χ2n) is 8.35. The van der Waals surface area contributed by atoms with Crippen LogP contribution in [0.3, 0.4) is 0 Å². The Balaban J connectivity index is 1.15. The summed E-state index contributed by atoms with van der Waals surface area (Å²) in [6.45, 7) is 3.76. The van der Waals surface area contributed by atoms with Gasteiger partial charge in [0.2, 0.25) is 6.79 Å². The van der Waals surface area contributed by atoms with Crippen molar-refractivity contribution in [3.63, 3.8) is 0 Å². The molecule has 2 aromatic carbocycles. The van der Waals surface area contributed by atoms with Gasteiger partial charge in [-0.2, -0.15) is 0 Å². The van der Waals surface area contributed by atoms with Gasteiger partial charge in [-0.15, -0.1) is 11.3 Å². The molecule has 2 aliphatic heterocycles. The molecule has 11 heteroatoms. The van der Waals surface area contributed by atoms with E-state index in [1.807, 2.05) is 18.2 Å². The molecule has 0 saturated carbocycles. The Bertz CT molecular complexity index is 1250. The minimum atomic E-state index is -0.363. The average molecular weight is 511 g/mol. The van der Waals surface area contributed by atoms with Gasteiger partial charge in [0.1, 0.15) is 17.2 Å². The van der Waals surface area contributed by atoms with Crippen molar-refractivity contribution in [2.45, 2.75) is 6.54 Å². The molecule has 5 rings (SSSR count). The van der Waals surface area contributed by atoms with Crippen LogP contribution in [0.25, 0.3) is 0 Å². The number of hydrogen-bond acceptors (Lipinski definition) is 9. The normalized spacial score (nSPS) is 15.0. The topological polar surface area (TPSA) is 102 Å². The highest BCUT2D eigenvalue weighted by molar-refractivity contribution is 7.14. The SMILES string of the molecule is COc1cc(OC)cc(C(=O)Nc2nc(C(=O)N3CCN(Cc4ccc5c(c4)OCO5)CC3)cs2)c1. The molecule has 0 bridgehead atoms. The molecule has 3 aromatic rings. The molecule has 1 saturated heterocycles. The van der Waals surface area contributed by atoms with Gasteiger partial charge in [0.05, 0.1) is 14.2 Å². The van der Waals surface area contributed by atoms with Crippen LogP contribution in [-0.4, -0.2) is 73.8 Å². The maximum atomic E-state index is 13.0. The monoisotopic (exact) mass is 510 g/mol. The molecule has 0 unspecified atom stereocenters. The number of ether oxygens (including phenoxy) is 4. The van der Waals surface area contributed by atoms with Crippen molar-refractivity contribution in [3.05, 3.63) is 58.6 Å². The van der Waals surface area contributed by atoms with E-state index in [4.69, 9.17) is 18.9 Å². The van der Waals surface area contributed by atoms with Crippen molar-refractivity contribution in [2.75, 3.05) is 52.5 Å². The summed E-state index contributed by atoms with van der Waals surface area (Å²) in [6, 6.07) is 10.9. The fraction of sp³-hybridized carbons (Fsp3) is 0.320. The van der Waals surface area contributed by atoms with Crippen LogP contribution in [0.5, 0.6) is 23.0 Å². The third-order valence-corrected chi connectivity index (χ3v) is 6.82. The lowest BCUT2D eigenvalue weighted by Crippen LogP contribution is -2.48. The van der Waals surface area contributed by atoms with Crippen LogP contribution in [0, 0.1) is 0 Å². The van der Waals surface area contributed by atoms with Gasteiger partial charge in [-0.25, -0.2) is 4.98 Å². The first-order valence-electron chi connectivity index (χ1n) is 11.4. The van der Waals surface area contributed by atoms with Gasteiger partial charge in [-0.1, -0.05) is 6.07 Å². The summed E-state index contributed by atoms with van der Waals surface area (Å²) in [5.41, 5.74) is 1.84. The number of benzene rings is 2. The number of rotatable bonds is 7. The molecule has 36 heavy (non-hydrogen) atoms. The Labute approximate surface area is 212 Å². The highest BCUT2D eigenvalue weighted by atomic mass is 32.1. The first kappa shape index (κ1) is 23.9. The summed E-state index contributed by atoms with van der Waals surface area (Å²) in [6.07, 6.45) is 0. The van der Waals surface area contributed by atoms with Crippen molar-refractivity contribution in [1.29, 1.82) is 0 Å². The van der Waals surface area contributed by atoms with Crippen LogP contribution in [0.2, 0.25) is 0 Å². The van der Waals surface area contributed by atoms with E-state index in [2.05, 4.69) is 15.2 Å². The van der Waals surface area contributed by atoms with Crippen molar-refractivity contribution in [2.24, 2.45) is 0 Å². The number of anilines is 1. The van der Waals surface area contributed by atoms with Crippen molar-refractivity contribution >= 4 is 28.3 Å². The van der Waals surface area contributed by atoms with Crippen LogP contribution in [0.4, 0.5) is 5.13 Å². The smallest absolute Gasteiger partial charge is 0.273 e. The van der Waals surface area contributed by atoms with Crippen LogP contribution in [0.1, 0.15) is 26.4 Å². The molecule has 1 fully saturated rings. The minimum absolute atomic E-state index is 0.141. The molecule has 2 amide bonds. The average Bonchev–Trinajstić information content (AvgIpc) is 3.57. The number of piperazine rings is 1. The van der Waals surface area contributed by atoms with E-state index >= 15 is 0 Å². The molecule has 1 aromatic heterocycles. The number of nitrogens with zero attached hydrogens (tertiary/aromatic N) is 3. The van der Waals surface area contributed by atoms with E-state index in [-0.39, 0.29) is 18.6 Å². The predicted molar refractivity (Wildman–Crippen MR) is 133 cm³/mol. The summed E-state index contributed by atoms with van der Waals surface area (Å²) in [5, 5.41) is 4.77. The fourth-order valence-electron chi connectivity index (χ4n) is 4.11. The van der Waals surface area contributed by atoms with Gasteiger partial charge in [0, 0.05) is 49.7 Å². The van der Waals surface area contributed by atoms with Crippen LogP contribution >= 0.6 is 11.3 Å². The molecule has 0 aliphatic carbocycles. The molecular weight excluding hydrogens is 484 g/mol. The summed E-state index contributed by atoms with van der Waals surface area (Å²) < 4.78 is 21.3. The molecular formula is C25H26N4O6S. The van der Waals surface area contributed by atoms with E-state index in [0.717, 1.165) is 36.7 Å². The van der Waals surface area contributed by atoms with Gasteiger partial charge in [0.25, 0.3) is 11.8 Å². The van der Waals surface area contributed by atoms with Crippen LogP contribution < -0.4 is 24.3 Å². The number of carbonyl (C=O) groups is 2. The maximum absolute atomic E-state index is 13.0. The van der Waals surface area contributed by atoms with Crippen LogP contribution in [0.15, 0.2) is 41.8 Å². The number of aromatic nitrogens is 1. The molecule has 10 nitrogen and oxygen atoms in total. The minimum Gasteiger partial charge on any atom is -0.497 e. The lowest BCUT2D eigenvalue weighted by molar-refractivity contribution is 0.0623. The number of methoxy groups -OCH3 is 2. The summed E-state index contributed by atoms with van der Waals surface area (Å²) in [4.78, 5) is 34.2. The number of nitrogens with one attached hydrogen (secondary N) is 1. The Morgan fingerprint density at radius 3 is 2.44 bits per heavy atom. The molecule has 188 valence electrons. The van der Waals surface area contributed by atoms with Crippen molar-refractivity contribution in [3.8, 4) is 23.0 Å². The lowest BCUT2D eigenvalue weighted by atomic mass is 10.1. The number of amides is 2. The first-order chi connectivity index (χ1) is 17.5. The second kappa shape index (κ2) is 10.4. The zero-order valence-electron chi connectivity index (χ0n) is 20.0. The van der Waals surface area contributed by atoms with Gasteiger partial charge >= 0.3 is 0 Å². The first-order valence-corrected chi connectivity index (χ1v) is 12.3. The Morgan fingerprint density at radius 2 is 1.72 bits per heavy atom. The van der Waals surface area contributed by atoms with E-state index in [0.29, 0.717) is 41.0 Å². The van der Waals surface area contributed by atoms with E-state index in [9.17, 15) is 9.59 Å².